The van der Waals surface area contributed by atoms with Crippen LogP contribution in [0.2, 0.25) is 0 Å². The molecule has 1 rings (SSSR count). The molecule has 1 unspecified atom stereocenters. The van der Waals surface area contributed by atoms with Gasteiger partial charge >= 0.3 is 5.97 Å². The minimum Gasteiger partial charge on any atom is -0.462 e. The number of allylic oxidation sites excluding steroid dienone is 2. The van der Waals surface area contributed by atoms with E-state index >= 15 is 0 Å². The van der Waals surface area contributed by atoms with Crippen LogP contribution in [0, 0.1) is 0 Å². The van der Waals surface area contributed by atoms with Gasteiger partial charge in [0.25, 0.3) is 0 Å². The molecule has 0 bridgehead atoms. The van der Waals surface area contributed by atoms with Crippen LogP contribution in [0.1, 0.15) is 20.8 Å². The van der Waals surface area contributed by atoms with Crippen LogP contribution >= 0.6 is 39.7 Å². The Labute approximate surface area is 114 Å². The van der Waals surface area contributed by atoms with Crippen molar-refractivity contribution in [2.75, 3.05) is 6.61 Å². The van der Waals surface area contributed by atoms with Crippen molar-refractivity contribution in [3.63, 3.8) is 0 Å². The number of alkyl halides is 1. The van der Waals surface area contributed by atoms with Crippen LogP contribution in [0.3, 0.4) is 0 Å². The molecule has 0 radical (unpaired) electrons. The smallest absolute Gasteiger partial charge is 0.339 e. The van der Waals surface area contributed by atoms with E-state index in [0.29, 0.717) is 21.5 Å². The summed E-state index contributed by atoms with van der Waals surface area (Å²) in [4.78, 5) is 12.3. The van der Waals surface area contributed by atoms with Crippen LogP contribution < -0.4 is 0 Å². The molecule has 16 heavy (non-hydrogen) atoms. The number of thiocarbonyl (C=S) groups is 1. The molecule has 2 nitrogen and oxygen atoms in total. The van der Waals surface area contributed by atoms with Gasteiger partial charge in [0.15, 0.2) is 0 Å². The lowest BCUT2D eigenvalue weighted by Gasteiger charge is -2.23. The van der Waals surface area contributed by atoms with Crippen LogP contribution in [0.15, 0.2) is 21.2 Å². The second-order valence-corrected chi connectivity index (χ2v) is 5.11. The summed E-state index contributed by atoms with van der Waals surface area (Å²) in [5.74, 6) is -0.364. The highest BCUT2D eigenvalue weighted by molar-refractivity contribution is 9.12. The molecule has 1 aliphatic rings. The Balaban J connectivity index is 3.25. The Kier molecular flexibility index (Phi) is 4.71. The molecule has 5 heteroatoms. The number of esters is 1. The average Bonchev–Trinajstić information content (AvgIpc) is 2.24. The molecule has 0 saturated carbocycles. The maximum atomic E-state index is 11.8. The number of halogens is 2. The number of hydrogen-bond acceptors (Lipinski definition) is 3. The Bertz CT molecular complexity index is 412. The van der Waals surface area contributed by atoms with Crippen molar-refractivity contribution < 1.29 is 9.53 Å². The van der Waals surface area contributed by atoms with Gasteiger partial charge in [0, 0.05) is 4.48 Å². The highest BCUT2D eigenvalue weighted by Crippen LogP contribution is 2.35. The van der Waals surface area contributed by atoms with E-state index in [2.05, 4.69) is 15.9 Å². The first kappa shape index (κ1) is 13.9. The first-order valence-electron chi connectivity index (χ1n) is 4.84. The zero-order valence-electron chi connectivity index (χ0n) is 9.27. The standard InChI is InChI=1S/C11H12BrClO2S/c1-4-15-11(14)7-5(2)6(3)9(13)10(16)8(7)12/h9H,4H2,1-3H3. The molecular weight excluding hydrogens is 312 g/mol. The predicted octanol–water partition coefficient (Wildman–Crippen LogP) is 3.53. The highest BCUT2D eigenvalue weighted by Gasteiger charge is 2.30. The average molecular weight is 324 g/mol. The fraction of sp³-hybridized carbons (Fsp3) is 0.455. The van der Waals surface area contributed by atoms with Crippen molar-refractivity contribution in [2.45, 2.75) is 26.1 Å². The summed E-state index contributed by atoms with van der Waals surface area (Å²) in [7, 11) is 0. The molecule has 0 aliphatic heterocycles. The van der Waals surface area contributed by atoms with Gasteiger partial charge in [-0.15, -0.1) is 11.6 Å². The first-order valence-corrected chi connectivity index (χ1v) is 6.48. The minimum absolute atomic E-state index is 0.331. The zero-order chi connectivity index (χ0) is 12.5. The third-order valence-corrected chi connectivity index (χ3v) is 4.69. The van der Waals surface area contributed by atoms with Gasteiger partial charge in [0.05, 0.1) is 22.4 Å². The summed E-state index contributed by atoms with van der Waals surface area (Å²) in [5, 5.41) is -0.331. The van der Waals surface area contributed by atoms with Gasteiger partial charge in [-0.1, -0.05) is 12.2 Å². The lowest BCUT2D eigenvalue weighted by Crippen LogP contribution is -2.25. The maximum Gasteiger partial charge on any atom is 0.339 e. The van der Waals surface area contributed by atoms with Crippen molar-refractivity contribution in [3.8, 4) is 0 Å². The molecule has 0 aromatic rings. The number of ether oxygens (including phenoxy) is 1. The molecule has 88 valence electrons. The van der Waals surface area contributed by atoms with E-state index in [-0.39, 0.29) is 11.3 Å². The minimum atomic E-state index is -0.364. The van der Waals surface area contributed by atoms with Crippen molar-refractivity contribution in [3.05, 3.63) is 21.2 Å². The van der Waals surface area contributed by atoms with Gasteiger partial charge in [0.2, 0.25) is 0 Å². The van der Waals surface area contributed by atoms with E-state index in [4.69, 9.17) is 28.6 Å². The summed E-state index contributed by atoms with van der Waals surface area (Å²) in [6, 6.07) is 0. The fourth-order valence-electron chi connectivity index (χ4n) is 1.43. The Morgan fingerprint density at radius 2 is 2.12 bits per heavy atom. The van der Waals surface area contributed by atoms with E-state index < -0.39 is 0 Å². The number of carbonyl (C=O) groups is 1. The number of rotatable bonds is 2. The van der Waals surface area contributed by atoms with Crippen LogP contribution in [0.25, 0.3) is 0 Å². The zero-order valence-corrected chi connectivity index (χ0v) is 12.4. The Morgan fingerprint density at radius 1 is 1.56 bits per heavy atom. The van der Waals surface area contributed by atoms with Gasteiger partial charge in [-0.2, -0.15) is 0 Å². The Hall–Kier alpha value is -0.190. The van der Waals surface area contributed by atoms with Gasteiger partial charge in [-0.05, 0) is 47.8 Å². The van der Waals surface area contributed by atoms with Gasteiger partial charge < -0.3 is 4.74 Å². The van der Waals surface area contributed by atoms with E-state index in [0.717, 1.165) is 11.1 Å². The topological polar surface area (TPSA) is 26.3 Å². The summed E-state index contributed by atoms with van der Waals surface area (Å²) in [6.45, 7) is 5.83. The molecule has 0 N–H and O–H groups in total. The summed E-state index contributed by atoms with van der Waals surface area (Å²) < 4.78 is 5.56. The second kappa shape index (κ2) is 5.43. The molecular formula is C11H12BrClO2S. The van der Waals surface area contributed by atoms with Crippen molar-refractivity contribution in [2.24, 2.45) is 0 Å². The van der Waals surface area contributed by atoms with E-state index in [9.17, 15) is 4.79 Å². The molecule has 0 aromatic heterocycles. The normalized spacial score (nSPS) is 21.6. The predicted molar refractivity (Wildman–Crippen MR) is 73.2 cm³/mol. The summed E-state index contributed by atoms with van der Waals surface area (Å²) in [6.07, 6.45) is 0. The van der Waals surface area contributed by atoms with Crippen LogP contribution in [-0.4, -0.2) is 22.8 Å². The van der Waals surface area contributed by atoms with Gasteiger partial charge in [-0.25, -0.2) is 4.79 Å². The van der Waals surface area contributed by atoms with E-state index in [1.54, 1.807) is 6.92 Å². The number of carbonyl (C=O) groups excluding carboxylic acids is 1. The lowest BCUT2D eigenvalue weighted by molar-refractivity contribution is -0.138. The largest absolute Gasteiger partial charge is 0.462 e. The number of hydrogen-bond donors (Lipinski definition) is 0. The monoisotopic (exact) mass is 322 g/mol. The molecule has 0 heterocycles. The Morgan fingerprint density at radius 3 is 2.62 bits per heavy atom. The molecule has 0 saturated heterocycles. The fourth-order valence-corrected chi connectivity index (χ4v) is 2.80. The van der Waals surface area contributed by atoms with Crippen LogP contribution in [0.4, 0.5) is 0 Å². The summed E-state index contributed by atoms with van der Waals surface area (Å²) >= 11 is 14.6. The highest BCUT2D eigenvalue weighted by atomic mass is 79.9. The molecule has 0 amide bonds. The summed E-state index contributed by atoms with van der Waals surface area (Å²) in [5.41, 5.74) is 2.22. The third kappa shape index (κ3) is 2.39. The van der Waals surface area contributed by atoms with Crippen molar-refractivity contribution in [1.29, 1.82) is 0 Å². The molecule has 1 atom stereocenters. The first-order chi connectivity index (χ1) is 7.41. The quantitative estimate of drug-likeness (QED) is 0.442. The van der Waals surface area contributed by atoms with E-state index in [1.165, 1.54) is 0 Å². The van der Waals surface area contributed by atoms with Crippen molar-refractivity contribution >= 4 is 50.6 Å². The van der Waals surface area contributed by atoms with Crippen molar-refractivity contribution in [1.82, 2.24) is 0 Å². The third-order valence-electron chi connectivity index (χ3n) is 2.49. The maximum absolute atomic E-state index is 11.8. The van der Waals surface area contributed by atoms with Crippen LogP contribution in [0.5, 0.6) is 0 Å². The molecule has 0 aromatic carbocycles. The van der Waals surface area contributed by atoms with Gasteiger partial charge in [-0.3, -0.25) is 0 Å². The van der Waals surface area contributed by atoms with Gasteiger partial charge in [0.1, 0.15) is 0 Å². The molecule has 0 fully saturated rings. The molecule has 0 spiro atoms. The SMILES string of the molecule is CCOC(=O)C1=C(Br)C(=S)C(Cl)C(C)=C1C. The van der Waals surface area contributed by atoms with E-state index in [1.807, 2.05) is 13.8 Å². The second-order valence-electron chi connectivity index (χ2n) is 3.44. The van der Waals surface area contributed by atoms with Crippen LogP contribution in [-0.2, 0) is 9.53 Å². The lowest BCUT2D eigenvalue weighted by atomic mass is 9.92. The molecule has 1 aliphatic carbocycles.